The monoisotopic (exact) mass is 281 g/mol. The highest BCUT2D eigenvalue weighted by atomic mass is 32.2. The molecule has 0 aliphatic heterocycles. The fourth-order valence-corrected chi connectivity index (χ4v) is 5.22. The first-order chi connectivity index (χ1) is 8.87. The third-order valence-corrected chi connectivity index (χ3v) is 6.40. The second-order valence-electron chi connectivity index (χ2n) is 6.20. The Hall–Kier alpha value is -0.870. The number of sulfone groups is 1. The van der Waals surface area contributed by atoms with Gasteiger partial charge in [0.2, 0.25) is 0 Å². The van der Waals surface area contributed by atoms with E-state index in [4.69, 9.17) is 0 Å². The molecule has 2 atom stereocenters. The van der Waals surface area contributed by atoms with Crippen LogP contribution in [0.2, 0.25) is 0 Å². The summed E-state index contributed by atoms with van der Waals surface area (Å²) in [4.78, 5) is 0.443. The van der Waals surface area contributed by atoms with Crippen molar-refractivity contribution in [3.05, 3.63) is 30.3 Å². The molecule has 3 nitrogen and oxygen atoms in total. The van der Waals surface area contributed by atoms with Gasteiger partial charge in [-0.15, -0.1) is 0 Å². The highest BCUT2D eigenvalue weighted by molar-refractivity contribution is 7.92. The Morgan fingerprint density at radius 1 is 1.21 bits per heavy atom. The summed E-state index contributed by atoms with van der Waals surface area (Å²) in [5.74, 6) is 0. The summed E-state index contributed by atoms with van der Waals surface area (Å²) in [6.07, 6.45) is 2.70. The topological polar surface area (TPSA) is 46.2 Å². The van der Waals surface area contributed by atoms with Crippen LogP contribution in [0, 0.1) is 5.41 Å². The summed E-state index contributed by atoms with van der Waals surface area (Å²) >= 11 is 0. The van der Waals surface area contributed by atoms with Crippen LogP contribution in [-0.4, -0.2) is 26.8 Å². The molecule has 0 radical (unpaired) electrons. The largest absolute Gasteiger partial charge is 0.316 e. The van der Waals surface area contributed by atoms with E-state index in [0.717, 1.165) is 19.3 Å². The Bertz CT molecular complexity index is 522. The lowest BCUT2D eigenvalue weighted by atomic mass is 9.75. The Labute approximate surface area is 116 Å². The number of rotatable bonds is 3. The Kier molecular flexibility index (Phi) is 4.02. The van der Waals surface area contributed by atoms with E-state index in [1.807, 2.05) is 13.1 Å². The van der Waals surface area contributed by atoms with E-state index in [0.29, 0.717) is 4.90 Å². The molecule has 1 N–H and O–H groups in total. The molecule has 0 amide bonds. The van der Waals surface area contributed by atoms with E-state index in [9.17, 15) is 8.42 Å². The van der Waals surface area contributed by atoms with E-state index in [-0.39, 0.29) is 16.7 Å². The van der Waals surface area contributed by atoms with Crippen molar-refractivity contribution in [2.24, 2.45) is 5.41 Å². The second-order valence-corrected chi connectivity index (χ2v) is 8.37. The number of hydrogen-bond donors (Lipinski definition) is 1. The zero-order chi connectivity index (χ0) is 14.1. The highest BCUT2D eigenvalue weighted by Gasteiger charge is 2.41. The SMILES string of the molecule is CNC1CCC(C)(C)CC1S(=O)(=O)c1ccccc1. The van der Waals surface area contributed by atoms with E-state index >= 15 is 0 Å². The summed E-state index contributed by atoms with van der Waals surface area (Å²) in [5, 5.41) is 2.86. The van der Waals surface area contributed by atoms with Crippen LogP contribution < -0.4 is 5.32 Å². The fourth-order valence-electron chi connectivity index (χ4n) is 2.96. The maximum atomic E-state index is 12.8. The van der Waals surface area contributed by atoms with Crippen molar-refractivity contribution in [2.45, 2.75) is 49.3 Å². The molecule has 2 rings (SSSR count). The van der Waals surface area contributed by atoms with E-state index in [1.165, 1.54) is 0 Å². The molecular weight excluding hydrogens is 258 g/mol. The van der Waals surface area contributed by atoms with Crippen molar-refractivity contribution >= 4 is 9.84 Å². The average molecular weight is 281 g/mol. The molecular formula is C15H23NO2S. The van der Waals surface area contributed by atoms with Gasteiger partial charge in [0, 0.05) is 6.04 Å². The van der Waals surface area contributed by atoms with Gasteiger partial charge in [0.1, 0.15) is 0 Å². The minimum absolute atomic E-state index is 0.0539. The molecule has 1 saturated carbocycles. The Morgan fingerprint density at radius 3 is 2.42 bits per heavy atom. The molecule has 0 aromatic heterocycles. The maximum absolute atomic E-state index is 12.8. The van der Waals surface area contributed by atoms with Crippen LogP contribution in [0.4, 0.5) is 0 Å². The second kappa shape index (κ2) is 5.25. The van der Waals surface area contributed by atoms with Gasteiger partial charge in [-0.2, -0.15) is 0 Å². The molecule has 1 aliphatic carbocycles. The molecule has 106 valence electrons. The third-order valence-electron chi connectivity index (χ3n) is 4.18. The smallest absolute Gasteiger partial charge is 0.182 e. The van der Waals surface area contributed by atoms with Gasteiger partial charge in [-0.3, -0.25) is 0 Å². The molecule has 0 saturated heterocycles. The van der Waals surface area contributed by atoms with E-state index in [2.05, 4.69) is 19.2 Å². The van der Waals surface area contributed by atoms with Crippen molar-refractivity contribution in [3.8, 4) is 0 Å². The summed E-state index contributed by atoms with van der Waals surface area (Å²) in [6.45, 7) is 4.32. The summed E-state index contributed by atoms with van der Waals surface area (Å²) in [5.41, 5.74) is 0.0971. The van der Waals surface area contributed by atoms with Gasteiger partial charge in [-0.25, -0.2) is 8.42 Å². The van der Waals surface area contributed by atoms with Crippen LogP contribution in [0.25, 0.3) is 0 Å². The van der Waals surface area contributed by atoms with Crippen molar-refractivity contribution < 1.29 is 8.42 Å². The minimum atomic E-state index is -3.26. The van der Waals surface area contributed by atoms with E-state index in [1.54, 1.807) is 24.3 Å². The van der Waals surface area contributed by atoms with Crippen LogP contribution in [0.5, 0.6) is 0 Å². The lowest BCUT2D eigenvalue weighted by molar-refractivity contribution is 0.213. The van der Waals surface area contributed by atoms with Gasteiger partial charge in [0.25, 0.3) is 0 Å². The van der Waals surface area contributed by atoms with Crippen molar-refractivity contribution in [2.75, 3.05) is 7.05 Å². The van der Waals surface area contributed by atoms with Crippen LogP contribution in [0.15, 0.2) is 35.2 Å². The third kappa shape index (κ3) is 3.00. The Morgan fingerprint density at radius 2 is 1.84 bits per heavy atom. The lowest BCUT2D eigenvalue weighted by Gasteiger charge is -2.40. The molecule has 0 spiro atoms. The van der Waals surface area contributed by atoms with Gasteiger partial charge in [0.05, 0.1) is 10.1 Å². The first-order valence-corrected chi connectivity index (χ1v) is 8.38. The normalized spacial score (nSPS) is 27.1. The molecule has 1 fully saturated rings. The molecule has 19 heavy (non-hydrogen) atoms. The highest BCUT2D eigenvalue weighted by Crippen LogP contribution is 2.39. The van der Waals surface area contributed by atoms with E-state index < -0.39 is 9.84 Å². The van der Waals surface area contributed by atoms with Crippen molar-refractivity contribution in [1.82, 2.24) is 5.32 Å². The fraction of sp³-hybridized carbons (Fsp3) is 0.600. The van der Waals surface area contributed by atoms with Gasteiger partial charge in [-0.1, -0.05) is 32.0 Å². The van der Waals surface area contributed by atoms with Crippen molar-refractivity contribution in [3.63, 3.8) is 0 Å². The number of benzene rings is 1. The molecule has 1 aliphatic rings. The molecule has 1 aromatic carbocycles. The average Bonchev–Trinajstić information content (AvgIpc) is 2.39. The van der Waals surface area contributed by atoms with Crippen LogP contribution in [-0.2, 0) is 9.84 Å². The Balaban J connectivity index is 2.37. The van der Waals surface area contributed by atoms with Gasteiger partial charge < -0.3 is 5.32 Å². The molecule has 0 heterocycles. The lowest BCUT2D eigenvalue weighted by Crippen LogP contribution is -2.48. The van der Waals surface area contributed by atoms with Crippen LogP contribution in [0.1, 0.15) is 33.1 Å². The molecule has 0 bridgehead atoms. The summed E-state index contributed by atoms with van der Waals surface area (Å²) in [6, 6.07) is 8.87. The minimum Gasteiger partial charge on any atom is -0.316 e. The van der Waals surface area contributed by atoms with Gasteiger partial charge in [-0.05, 0) is 43.9 Å². The van der Waals surface area contributed by atoms with Gasteiger partial charge >= 0.3 is 0 Å². The molecule has 4 heteroatoms. The quantitative estimate of drug-likeness (QED) is 0.926. The van der Waals surface area contributed by atoms with Crippen molar-refractivity contribution in [1.29, 1.82) is 0 Å². The maximum Gasteiger partial charge on any atom is 0.182 e. The molecule has 2 unspecified atom stereocenters. The number of nitrogens with one attached hydrogen (secondary N) is 1. The zero-order valence-corrected chi connectivity index (χ0v) is 12.7. The summed E-state index contributed by atoms with van der Waals surface area (Å²) < 4.78 is 25.6. The van der Waals surface area contributed by atoms with Gasteiger partial charge in [0.15, 0.2) is 9.84 Å². The first kappa shape index (κ1) is 14.5. The first-order valence-electron chi connectivity index (χ1n) is 6.83. The zero-order valence-electron chi connectivity index (χ0n) is 11.9. The van der Waals surface area contributed by atoms with Crippen LogP contribution >= 0.6 is 0 Å². The number of hydrogen-bond acceptors (Lipinski definition) is 3. The van der Waals surface area contributed by atoms with Crippen LogP contribution in [0.3, 0.4) is 0 Å². The standard InChI is InChI=1S/C15H23NO2S/c1-15(2)10-9-13(16-3)14(11-15)19(17,18)12-7-5-4-6-8-12/h4-8,13-14,16H,9-11H2,1-3H3. The molecule has 1 aromatic rings. The predicted molar refractivity (Wildman–Crippen MR) is 77.9 cm³/mol. The predicted octanol–water partition coefficient (Wildman–Crippen LogP) is 2.63. The summed E-state index contributed by atoms with van der Waals surface area (Å²) in [7, 11) is -1.40.